The number of likely N-dealkylation sites (N-methyl/N-ethyl adjacent to an activating group) is 1. The Balaban J connectivity index is 2.02. The predicted octanol–water partition coefficient (Wildman–Crippen LogP) is 0.506. The third-order valence-corrected chi connectivity index (χ3v) is 5.86. The fourth-order valence-corrected chi connectivity index (χ4v) is 4.41. The molecule has 0 N–H and O–H groups in total. The molecule has 1 atom stereocenters. The van der Waals surface area contributed by atoms with Crippen LogP contribution < -0.4 is 9.47 Å². The second kappa shape index (κ2) is 7.73. The summed E-state index contributed by atoms with van der Waals surface area (Å²) in [6.07, 6.45) is 0.388. The van der Waals surface area contributed by atoms with E-state index in [1.165, 1.54) is 26.2 Å². The number of nitrogens with zero attached hydrogens (tertiary/aromatic N) is 1. The number of sulfone groups is 1. The first-order valence-corrected chi connectivity index (χ1v) is 9.45. The van der Waals surface area contributed by atoms with Crippen LogP contribution in [-0.4, -0.2) is 70.6 Å². The molecule has 0 aromatic heterocycles. The summed E-state index contributed by atoms with van der Waals surface area (Å²) in [5.74, 6) is -0.685. The summed E-state index contributed by atoms with van der Waals surface area (Å²) in [4.78, 5) is 25.8. The van der Waals surface area contributed by atoms with E-state index in [2.05, 4.69) is 0 Å². The minimum atomic E-state index is -3.10. The number of benzene rings is 1. The number of carbonyl (C=O) groups is 2. The fourth-order valence-electron chi connectivity index (χ4n) is 2.64. The van der Waals surface area contributed by atoms with E-state index in [4.69, 9.17) is 14.2 Å². The first-order chi connectivity index (χ1) is 11.8. The normalized spacial score (nSPS) is 18.4. The topological polar surface area (TPSA) is 99.2 Å². The molecule has 25 heavy (non-hydrogen) atoms. The van der Waals surface area contributed by atoms with E-state index >= 15 is 0 Å². The molecule has 0 unspecified atom stereocenters. The number of hydrogen-bond donors (Lipinski definition) is 0. The minimum absolute atomic E-state index is 0.0630. The molecule has 0 bridgehead atoms. The Hall–Kier alpha value is -2.29. The zero-order chi connectivity index (χ0) is 18.6. The van der Waals surface area contributed by atoms with Gasteiger partial charge >= 0.3 is 5.97 Å². The zero-order valence-electron chi connectivity index (χ0n) is 14.4. The van der Waals surface area contributed by atoms with Gasteiger partial charge in [0.1, 0.15) is 17.1 Å². The summed E-state index contributed by atoms with van der Waals surface area (Å²) in [6.45, 7) is -0.493. The van der Waals surface area contributed by atoms with Crippen LogP contribution in [0.25, 0.3) is 0 Å². The SMILES string of the molecule is COc1cccc(OC)c1C(=O)OCC(=O)N(C)[C@@H]1CCS(=O)(=O)C1. The van der Waals surface area contributed by atoms with E-state index in [1.54, 1.807) is 18.2 Å². The highest BCUT2D eigenvalue weighted by Crippen LogP contribution is 2.28. The summed E-state index contributed by atoms with van der Waals surface area (Å²) in [7, 11) is 1.22. The molecule has 1 heterocycles. The van der Waals surface area contributed by atoms with Crippen LogP contribution >= 0.6 is 0 Å². The molecule has 1 saturated heterocycles. The highest BCUT2D eigenvalue weighted by atomic mass is 32.2. The minimum Gasteiger partial charge on any atom is -0.496 e. The lowest BCUT2D eigenvalue weighted by Crippen LogP contribution is -2.40. The van der Waals surface area contributed by atoms with Crippen molar-refractivity contribution in [3.8, 4) is 11.5 Å². The maximum Gasteiger partial charge on any atom is 0.346 e. The second-order valence-corrected chi connectivity index (χ2v) is 7.90. The van der Waals surface area contributed by atoms with Gasteiger partial charge in [-0.25, -0.2) is 13.2 Å². The van der Waals surface area contributed by atoms with Crippen LogP contribution in [0.2, 0.25) is 0 Å². The molecule has 2 rings (SSSR count). The summed E-state index contributed by atoms with van der Waals surface area (Å²) >= 11 is 0. The maximum atomic E-state index is 12.3. The lowest BCUT2D eigenvalue weighted by molar-refractivity contribution is -0.134. The van der Waals surface area contributed by atoms with Crippen molar-refractivity contribution in [3.63, 3.8) is 0 Å². The van der Waals surface area contributed by atoms with Crippen molar-refractivity contribution < 1.29 is 32.2 Å². The average molecular weight is 371 g/mol. The van der Waals surface area contributed by atoms with Gasteiger partial charge in [-0.15, -0.1) is 0 Å². The third-order valence-electron chi connectivity index (χ3n) is 4.11. The van der Waals surface area contributed by atoms with Crippen LogP contribution in [0, 0.1) is 0 Å². The van der Waals surface area contributed by atoms with Crippen molar-refractivity contribution in [1.82, 2.24) is 4.90 Å². The molecule has 1 aliphatic rings. The molecule has 1 aromatic rings. The van der Waals surface area contributed by atoms with Gasteiger partial charge in [-0.3, -0.25) is 4.79 Å². The van der Waals surface area contributed by atoms with Crippen molar-refractivity contribution in [2.75, 3.05) is 39.4 Å². The lowest BCUT2D eigenvalue weighted by atomic mass is 10.2. The van der Waals surface area contributed by atoms with Crippen molar-refractivity contribution >= 4 is 21.7 Å². The van der Waals surface area contributed by atoms with E-state index in [0.717, 1.165) is 0 Å². The highest BCUT2D eigenvalue weighted by Gasteiger charge is 2.33. The first-order valence-electron chi connectivity index (χ1n) is 7.63. The van der Waals surface area contributed by atoms with Crippen molar-refractivity contribution in [1.29, 1.82) is 0 Å². The quantitative estimate of drug-likeness (QED) is 0.672. The van der Waals surface area contributed by atoms with Crippen LogP contribution in [0.15, 0.2) is 18.2 Å². The fraction of sp³-hybridized carbons (Fsp3) is 0.500. The number of rotatable bonds is 6. The number of hydrogen-bond acceptors (Lipinski definition) is 7. The molecule has 1 fully saturated rings. The molecular formula is C16H21NO7S. The van der Waals surface area contributed by atoms with Crippen LogP contribution in [0.3, 0.4) is 0 Å². The molecule has 9 heteroatoms. The number of esters is 1. The van der Waals surface area contributed by atoms with Crippen LogP contribution in [0.1, 0.15) is 16.8 Å². The highest BCUT2D eigenvalue weighted by molar-refractivity contribution is 7.91. The smallest absolute Gasteiger partial charge is 0.346 e. The van der Waals surface area contributed by atoms with Crippen LogP contribution in [0.5, 0.6) is 11.5 Å². The number of amides is 1. The van der Waals surface area contributed by atoms with Crippen molar-refractivity contribution in [3.05, 3.63) is 23.8 Å². The van der Waals surface area contributed by atoms with E-state index in [9.17, 15) is 18.0 Å². The average Bonchev–Trinajstić information content (AvgIpc) is 2.97. The van der Waals surface area contributed by atoms with E-state index in [-0.39, 0.29) is 28.6 Å². The predicted molar refractivity (Wildman–Crippen MR) is 89.7 cm³/mol. The van der Waals surface area contributed by atoms with Gasteiger partial charge < -0.3 is 19.1 Å². The Morgan fingerprint density at radius 3 is 2.28 bits per heavy atom. The molecule has 1 aliphatic heterocycles. The molecule has 0 saturated carbocycles. The molecule has 0 radical (unpaired) electrons. The number of methoxy groups -OCH3 is 2. The summed E-state index contributed by atoms with van der Waals surface area (Å²) in [6, 6.07) is 4.43. The zero-order valence-corrected chi connectivity index (χ0v) is 15.2. The van der Waals surface area contributed by atoms with E-state index in [0.29, 0.717) is 6.42 Å². The van der Waals surface area contributed by atoms with Gasteiger partial charge in [0.15, 0.2) is 16.4 Å². The van der Waals surface area contributed by atoms with Gasteiger partial charge in [-0.2, -0.15) is 0 Å². The Morgan fingerprint density at radius 2 is 1.80 bits per heavy atom. The van der Waals surface area contributed by atoms with Gasteiger partial charge in [0.2, 0.25) is 0 Å². The van der Waals surface area contributed by atoms with Gasteiger partial charge in [0.25, 0.3) is 5.91 Å². The summed E-state index contributed by atoms with van der Waals surface area (Å²) in [5.41, 5.74) is 0.0893. The first kappa shape index (κ1) is 19.0. The van der Waals surface area contributed by atoms with Crippen molar-refractivity contribution in [2.45, 2.75) is 12.5 Å². The molecular weight excluding hydrogens is 350 g/mol. The van der Waals surface area contributed by atoms with Gasteiger partial charge in [0, 0.05) is 13.1 Å². The largest absolute Gasteiger partial charge is 0.496 e. The Bertz CT molecular complexity index is 737. The monoisotopic (exact) mass is 371 g/mol. The maximum absolute atomic E-state index is 12.3. The number of ether oxygens (including phenoxy) is 3. The molecule has 1 aromatic carbocycles. The Kier molecular flexibility index (Phi) is 5.89. The molecule has 8 nitrogen and oxygen atoms in total. The molecule has 0 aliphatic carbocycles. The van der Waals surface area contributed by atoms with Gasteiger partial charge in [0.05, 0.1) is 25.7 Å². The second-order valence-electron chi connectivity index (χ2n) is 5.68. The van der Waals surface area contributed by atoms with E-state index in [1.807, 2.05) is 0 Å². The Labute approximate surface area is 146 Å². The molecule has 0 spiro atoms. The third kappa shape index (κ3) is 4.41. The molecule has 1 amide bonds. The molecule has 138 valence electrons. The Morgan fingerprint density at radius 1 is 1.20 bits per heavy atom. The van der Waals surface area contributed by atoms with Gasteiger partial charge in [-0.1, -0.05) is 6.07 Å². The standard InChI is InChI=1S/C16H21NO7S/c1-17(11-7-8-25(20,21)10-11)14(18)9-24-16(19)15-12(22-2)5-4-6-13(15)23-3/h4-6,11H,7-10H2,1-3H3/t11-/m1/s1. The summed E-state index contributed by atoms with van der Waals surface area (Å²) in [5, 5.41) is 0. The van der Waals surface area contributed by atoms with Crippen LogP contribution in [0.4, 0.5) is 0 Å². The van der Waals surface area contributed by atoms with E-state index < -0.39 is 34.4 Å². The summed E-state index contributed by atoms with van der Waals surface area (Å²) < 4.78 is 38.3. The lowest BCUT2D eigenvalue weighted by Gasteiger charge is -2.23. The van der Waals surface area contributed by atoms with Crippen molar-refractivity contribution in [2.24, 2.45) is 0 Å². The van der Waals surface area contributed by atoms with Gasteiger partial charge in [-0.05, 0) is 18.6 Å². The number of carbonyl (C=O) groups excluding carboxylic acids is 2. The van der Waals surface area contributed by atoms with Crippen LogP contribution in [-0.2, 0) is 19.4 Å².